The minimum atomic E-state index is -0.697. The first kappa shape index (κ1) is 22.0. The number of fused-ring (bicyclic) bond motifs is 1. The average molecular weight is 421 g/mol. The zero-order valence-electron chi connectivity index (χ0n) is 19.2. The average Bonchev–Trinajstić information content (AvgIpc) is 3.02. The summed E-state index contributed by atoms with van der Waals surface area (Å²) >= 11 is 0. The van der Waals surface area contributed by atoms with E-state index in [2.05, 4.69) is 55.5 Å². The topological polar surface area (TPSA) is 56.8 Å². The molecule has 0 aromatic heterocycles. The Hall–Kier alpha value is -2.17. The Morgan fingerprint density at radius 3 is 2.42 bits per heavy atom. The molecule has 0 bridgehead atoms. The molecule has 4 rings (SSSR count). The second-order valence-corrected chi connectivity index (χ2v) is 9.20. The van der Waals surface area contributed by atoms with Crippen molar-refractivity contribution in [2.45, 2.75) is 70.6 Å². The molecule has 2 aromatic carbocycles. The molecule has 1 fully saturated rings. The van der Waals surface area contributed by atoms with Crippen molar-refractivity contribution in [3.8, 4) is 0 Å². The maximum Gasteiger partial charge on any atom is 0.192 e. The lowest BCUT2D eigenvalue weighted by Gasteiger charge is -2.47. The van der Waals surface area contributed by atoms with Gasteiger partial charge in [-0.05, 0) is 75.5 Å². The number of aliphatic imine (C=N–C) groups is 1. The summed E-state index contributed by atoms with van der Waals surface area (Å²) in [6, 6.07) is 17.6. The number of nitrogens with zero attached hydrogens (tertiary/aromatic N) is 1. The summed E-state index contributed by atoms with van der Waals surface area (Å²) in [7, 11) is 1.82. The Kier molecular flexibility index (Phi) is 6.49. The van der Waals surface area contributed by atoms with Gasteiger partial charge in [-0.25, -0.2) is 4.99 Å². The quantitative estimate of drug-likeness (QED) is 0.497. The molecule has 0 amide bonds. The lowest BCUT2D eigenvalue weighted by Crippen LogP contribution is -2.47. The molecule has 2 N–H and O–H groups in total. The van der Waals surface area contributed by atoms with E-state index in [1.54, 1.807) is 0 Å². The van der Waals surface area contributed by atoms with Crippen molar-refractivity contribution in [2.24, 2.45) is 16.1 Å². The van der Waals surface area contributed by atoms with Crippen LogP contribution in [0.3, 0.4) is 0 Å². The van der Waals surface area contributed by atoms with E-state index in [1.165, 1.54) is 22.3 Å². The summed E-state index contributed by atoms with van der Waals surface area (Å²) in [5.74, 6) is 0.587. The second kappa shape index (κ2) is 9.13. The highest BCUT2D eigenvalue weighted by atomic mass is 16.5. The van der Waals surface area contributed by atoms with Crippen molar-refractivity contribution in [3.05, 3.63) is 70.8 Å². The van der Waals surface area contributed by atoms with Gasteiger partial charge in [0.1, 0.15) is 0 Å². The third-order valence-electron chi connectivity index (χ3n) is 7.24. The molecular weight excluding hydrogens is 384 g/mol. The van der Waals surface area contributed by atoms with Gasteiger partial charge in [0.2, 0.25) is 0 Å². The van der Waals surface area contributed by atoms with Crippen molar-refractivity contribution >= 4 is 5.84 Å². The molecule has 4 heteroatoms. The number of aryl methyl sites for hydroxylation is 2. The van der Waals surface area contributed by atoms with Gasteiger partial charge in [-0.3, -0.25) is 0 Å². The molecule has 1 unspecified atom stereocenters. The van der Waals surface area contributed by atoms with E-state index in [1.807, 2.05) is 14.0 Å². The number of rotatable bonds is 7. The summed E-state index contributed by atoms with van der Waals surface area (Å²) in [5.41, 5.74) is 10.7. The van der Waals surface area contributed by atoms with Gasteiger partial charge in [0, 0.05) is 24.7 Å². The lowest BCUT2D eigenvalue weighted by molar-refractivity contribution is -0.148. The molecule has 1 spiro atoms. The molecule has 0 heterocycles. The normalized spacial score (nSPS) is 28.1. The Labute approximate surface area is 186 Å². The first-order valence-electron chi connectivity index (χ1n) is 11.7. The summed E-state index contributed by atoms with van der Waals surface area (Å²) in [6.45, 7) is 4.56. The number of nitrogens with two attached hydrogens (primary N) is 1. The van der Waals surface area contributed by atoms with Crippen LogP contribution in [0.2, 0.25) is 0 Å². The fraction of sp³-hybridized carbons (Fsp3) is 0.519. The number of amidine groups is 1. The Bertz CT molecular complexity index is 912. The molecule has 1 atom stereocenters. The highest BCUT2D eigenvalue weighted by Gasteiger charge is 2.60. The van der Waals surface area contributed by atoms with E-state index in [0.717, 1.165) is 44.9 Å². The largest absolute Gasteiger partial charge is 0.388 e. The van der Waals surface area contributed by atoms with E-state index < -0.39 is 5.72 Å². The zero-order chi connectivity index (χ0) is 21.9. The van der Waals surface area contributed by atoms with Crippen LogP contribution in [-0.4, -0.2) is 25.7 Å². The summed E-state index contributed by atoms with van der Waals surface area (Å²) in [5, 5.41) is 0. The summed E-state index contributed by atoms with van der Waals surface area (Å²) < 4.78 is 12.3. The molecule has 0 aliphatic heterocycles. The van der Waals surface area contributed by atoms with Gasteiger partial charge in [0.05, 0.1) is 11.9 Å². The van der Waals surface area contributed by atoms with Crippen LogP contribution in [0.15, 0.2) is 53.5 Å². The fourth-order valence-corrected chi connectivity index (χ4v) is 5.75. The third-order valence-corrected chi connectivity index (χ3v) is 7.24. The van der Waals surface area contributed by atoms with Crippen molar-refractivity contribution in [2.75, 3.05) is 13.7 Å². The van der Waals surface area contributed by atoms with Gasteiger partial charge in [-0.1, -0.05) is 48.5 Å². The predicted octanol–water partition coefficient (Wildman–Crippen LogP) is 5.17. The van der Waals surface area contributed by atoms with Crippen molar-refractivity contribution in [1.82, 2.24) is 0 Å². The number of benzene rings is 2. The molecule has 31 heavy (non-hydrogen) atoms. The molecule has 2 aromatic rings. The lowest BCUT2D eigenvalue weighted by atomic mass is 9.66. The van der Waals surface area contributed by atoms with Crippen LogP contribution in [0, 0.1) is 5.41 Å². The van der Waals surface area contributed by atoms with Gasteiger partial charge < -0.3 is 15.2 Å². The Morgan fingerprint density at radius 1 is 1.06 bits per heavy atom. The van der Waals surface area contributed by atoms with Gasteiger partial charge in [0.25, 0.3) is 0 Å². The van der Waals surface area contributed by atoms with Gasteiger partial charge in [-0.15, -0.1) is 0 Å². The minimum absolute atomic E-state index is 0.0565. The van der Waals surface area contributed by atoms with E-state index in [0.29, 0.717) is 18.5 Å². The smallest absolute Gasteiger partial charge is 0.192 e. The fourth-order valence-electron chi connectivity index (χ4n) is 5.75. The van der Waals surface area contributed by atoms with E-state index >= 15 is 0 Å². The predicted molar refractivity (Wildman–Crippen MR) is 126 cm³/mol. The van der Waals surface area contributed by atoms with Gasteiger partial charge >= 0.3 is 0 Å². The zero-order valence-corrected chi connectivity index (χ0v) is 19.2. The Morgan fingerprint density at radius 2 is 1.77 bits per heavy atom. The summed E-state index contributed by atoms with van der Waals surface area (Å²) in [4.78, 5) is 5.06. The van der Waals surface area contributed by atoms with E-state index in [9.17, 15) is 0 Å². The van der Waals surface area contributed by atoms with Crippen LogP contribution >= 0.6 is 0 Å². The summed E-state index contributed by atoms with van der Waals surface area (Å²) in [6.07, 6.45) is 7.52. The van der Waals surface area contributed by atoms with Crippen LogP contribution in [0.1, 0.15) is 61.8 Å². The van der Waals surface area contributed by atoms with Crippen LogP contribution in [0.4, 0.5) is 0 Å². The van der Waals surface area contributed by atoms with Crippen LogP contribution in [-0.2, 0) is 34.5 Å². The molecular formula is C27H36N2O2. The SMILES string of the molecule is CCOC1(/N=C(\C)N)c2cc(CCc3ccccc3)ccc2C[C@]12CC[C@@H](OC)CC2. The molecule has 2 aliphatic carbocycles. The molecule has 0 radical (unpaired) electrons. The standard InChI is InChI=1S/C27H36N2O2/c1-4-31-27(29-20(2)28)25-18-22(11-10-21-8-6-5-7-9-21)12-13-23(25)19-26(27)16-14-24(30-3)15-17-26/h5-9,12-13,18,24H,4,10-11,14-17,19H2,1-3H3,(H2,28,29)/t24-,26-,27?. The molecule has 4 nitrogen and oxygen atoms in total. The third kappa shape index (κ3) is 4.16. The first-order valence-corrected chi connectivity index (χ1v) is 11.7. The number of hydrogen-bond acceptors (Lipinski definition) is 3. The number of methoxy groups -OCH3 is 1. The van der Waals surface area contributed by atoms with E-state index in [-0.39, 0.29) is 5.41 Å². The van der Waals surface area contributed by atoms with Gasteiger partial charge in [0.15, 0.2) is 5.72 Å². The molecule has 1 saturated carbocycles. The maximum absolute atomic E-state index is 6.60. The van der Waals surface area contributed by atoms with Crippen LogP contribution < -0.4 is 5.73 Å². The van der Waals surface area contributed by atoms with Crippen molar-refractivity contribution in [3.63, 3.8) is 0 Å². The second-order valence-electron chi connectivity index (χ2n) is 9.20. The van der Waals surface area contributed by atoms with Crippen LogP contribution in [0.25, 0.3) is 0 Å². The first-order chi connectivity index (χ1) is 15.0. The highest BCUT2D eigenvalue weighted by Crippen LogP contribution is 2.60. The Balaban J connectivity index is 1.71. The van der Waals surface area contributed by atoms with Gasteiger partial charge in [-0.2, -0.15) is 0 Å². The monoisotopic (exact) mass is 420 g/mol. The van der Waals surface area contributed by atoms with E-state index in [4.69, 9.17) is 20.2 Å². The van der Waals surface area contributed by atoms with Crippen LogP contribution in [0.5, 0.6) is 0 Å². The van der Waals surface area contributed by atoms with Crippen molar-refractivity contribution in [1.29, 1.82) is 0 Å². The molecule has 166 valence electrons. The highest BCUT2D eigenvalue weighted by molar-refractivity contribution is 5.78. The maximum atomic E-state index is 6.60. The molecule has 2 aliphatic rings. The number of hydrogen-bond donors (Lipinski definition) is 1. The minimum Gasteiger partial charge on any atom is -0.388 e. The van der Waals surface area contributed by atoms with Crippen molar-refractivity contribution < 1.29 is 9.47 Å². The number of ether oxygens (including phenoxy) is 2. The molecule has 0 saturated heterocycles.